The number of nitro groups is 1. The van der Waals surface area contributed by atoms with E-state index in [0.29, 0.717) is 5.69 Å². The number of likely N-dealkylation sites (N-methyl/N-ethyl adjacent to an activating group) is 1. The number of benzene rings is 2. The van der Waals surface area contributed by atoms with Crippen LogP contribution in [-0.2, 0) is 11.3 Å². The molecule has 0 aliphatic heterocycles. The van der Waals surface area contributed by atoms with Gasteiger partial charge in [-0.1, -0.05) is 36.4 Å². The monoisotopic (exact) mass is 300 g/mol. The molecule has 0 aromatic heterocycles. The first-order valence-electron chi connectivity index (χ1n) is 6.94. The minimum Gasteiger partial charge on any atom is -0.326 e. The molecule has 2 aromatic rings. The Labute approximate surface area is 128 Å². The van der Waals surface area contributed by atoms with E-state index in [1.165, 1.54) is 12.1 Å². The van der Waals surface area contributed by atoms with Crippen molar-refractivity contribution in [3.63, 3.8) is 0 Å². The van der Waals surface area contributed by atoms with E-state index in [9.17, 15) is 14.9 Å². The molecule has 0 bridgehead atoms. The summed E-state index contributed by atoms with van der Waals surface area (Å²) in [6.45, 7) is 1.03. The van der Waals surface area contributed by atoms with Crippen molar-refractivity contribution in [2.45, 2.75) is 6.54 Å². The van der Waals surface area contributed by atoms with Crippen LogP contribution in [0.15, 0.2) is 54.6 Å². The average Bonchev–Trinajstić information content (AvgIpc) is 2.48. The Morgan fingerprint density at radius 1 is 1.18 bits per heavy atom. The molecule has 1 atom stereocenters. The second-order valence-electron chi connectivity index (χ2n) is 5.15. The standard InChI is InChI=1S/C16H17N3O3/c1-18(11-13-6-3-2-4-7-13)12-16(20)17-14-8-5-9-15(10-14)19(21)22/h2-10H,11-12H2,1H3,(H,17,20)/p+1. The third-order valence-corrected chi connectivity index (χ3v) is 3.15. The molecule has 0 aliphatic rings. The number of carbonyl (C=O) groups is 1. The molecule has 2 N–H and O–H groups in total. The van der Waals surface area contributed by atoms with Crippen molar-refractivity contribution < 1.29 is 14.6 Å². The number of amides is 1. The Bertz CT molecular complexity index is 659. The summed E-state index contributed by atoms with van der Waals surface area (Å²) >= 11 is 0. The van der Waals surface area contributed by atoms with Crippen molar-refractivity contribution in [2.24, 2.45) is 0 Å². The Hall–Kier alpha value is -2.73. The predicted molar refractivity (Wildman–Crippen MR) is 83.6 cm³/mol. The fourth-order valence-electron chi connectivity index (χ4n) is 2.18. The molecule has 0 heterocycles. The number of nitro benzene ring substituents is 1. The average molecular weight is 300 g/mol. The Kier molecular flexibility index (Phi) is 5.21. The number of quaternary nitrogens is 1. The number of non-ortho nitro benzene ring substituents is 1. The van der Waals surface area contributed by atoms with E-state index in [2.05, 4.69) is 5.32 Å². The van der Waals surface area contributed by atoms with E-state index in [1.807, 2.05) is 37.4 Å². The Balaban J connectivity index is 1.90. The molecule has 22 heavy (non-hydrogen) atoms. The van der Waals surface area contributed by atoms with Crippen molar-refractivity contribution in [1.29, 1.82) is 0 Å². The number of carbonyl (C=O) groups excluding carboxylic acids is 1. The number of hydrogen-bond donors (Lipinski definition) is 2. The van der Waals surface area contributed by atoms with Crippen LogP contribution >= 0.6 is 0 Å². The summed E-state index contributed by atoms with van der Waals surface area (Å²) in [6.07, 6.45) is 0. The van der Waals surface area contributed by atoms with Crippen molar-refractivity contribution in [1.82, 2.24) is 0 Å². The van der Waals surface area contributed by atoms with Crippen LogP contribution in [0, 0.1) is 10.1 Å². The first-order valence-corrected chi connectivity index (χ1v) is 6.94. The van der Waals surface area contributed by atoms with Crippen molar-refractivity contribution >= 4 is 17.3 Å². The van der Waals surface area contributed by atoms with Gasteiger partial charge >= 0.3 is 0 Å². The molecule has 1 unspecified atom stereocenters. The van der Waals surface area contributed by atoms with Crippen LogP contribution < -0.4 is 10.2 Å². The van der Waals surface area contributed by atoms with Crippen LogP contribution in [0.25, 0.3) is 0 Å². The Morgan fingerprint density at radius 3 is 2.59 bits per heavy atom. The highest BCUT2D eigenvalue weighted by atomic mass is 16.6. The fourth-order valence-corrected chi connectivity index (χ4v) is 2.18. The summed E-state index contributed by atoms with van der Waals surface area (Å²) in [5.74, 6) is -0.172. The van der Waals surface area contributed by atoms with E-state index in [-0.39, 0.29) is 18.1 Å². The normalized spacial score (nSPS) is 11.7. The van der Waals surface area contributed by atoms with E-state index < -0.39 is 4.92 Å². The zero-order valence-corrected chi connectivity index (χ0v) is 12.3. The van der Waals surface area contributed by atoms with Gasteiger partial charge in [-0.15, -0.1) is 0 Å². The van der Waals surface area contributed by atoms with Gasteiger partial charge in [0, 0.05) is 23.4 Å². The lowest BCUT2D eigenvalue weighted by atomic mass is 10.2. The van der Waals surface area contributed by atoms with Crippen LogP contribution in [-0.4, -0.2) is 24.4 Å². The minimum atomic E-state index is -0.484. The molecule has 0 saturated carbocycles. The molecule has 114 valence electrons. The number of nitrogens with zero attached hydrogens (tertiary/aromatic N) is 1. The van der Waals surface area contributed by atoms with Gasteiger partial charge in [-0.3, -0.25) is 14.9 Å². The lowest BCUT2D eigenvalue weighted by Crippen LogP contribution is -3.08. The highest BCUT2D eigenvalue weighted by Gasteiger charge is 2.12. The van der Waals surface area contributed by atoms with E-state index in [4.69, 9.17) is 0 Å². The molecule has 6 nitrogen and oxygen atoms in total. The van der Waals surface area contributed by atoms with Gasteiger partial charge in [0.05, 0.1) is 12.0 Å². The number of nitrogens with one attached hydrogen (secondary N) is 2. The van der Waals surface area contributed by atoms with Gasteiger partial charge in [0.2, 0.25) is 0 Å². The lowest BCUT2D eigenvalue weighted by molar-refractivity contribution is -0.885. The van der Waals surface area contributed by atoms with Gasteiger partial charge in [-0.25, -0.2) is 0 Å². The van der Waals surface area contributed by atoms with Gasteiger partial charge < -0.3 is 10.2 Å². The van der Waals surface area contributed by atoms with Crippen LogP contribution in [0.5, 0.6) is 0 Å². The summed E-state index contributed by atoms with van der Waals surface area (Å²) in [5, 5.41) is 13.4. The molecule has 2 rings (SSSR count). The summed E-state index contributed by atoms with van der Waals surface area (Å²) in [6, 6.07) is 15.8. The first-order chi connectivity index (χ1) is 10.5. The van der Waals surface area contributed by atoms with Crippen LogP contribution in [0.4, 0.5) is 11.4 Å². The fraction of sp³-hybridized carbons (Fsp3) is 0.188. The molecule has 0 radical (unpaired) electrons. The second kappa shape index (κ2) is 7.33. The maximum absolute atomic E-state index is 12.0. The third-order valence-electron chi connectivity index (χ3n) is 3.15. The lowest BCUT2D eigenvalue weighted by Gasteiger charge is -2.13. The van der Waals surface area contributed by atoms with E-state index in [0.717, 1.165) is 17.0 Å². The molecule has 0 spiro atoms. The largest absolute Gasteiger partial charge is 0.326 e. The zero-order chi connectivity index (χ0) is 15.9. The highest BCUT2D eigenvalue weighted by Crippen LogP contribution is 2.16. The summed E-state index contributed by atoms with van der Waals surface area (Å²) in [7, 11) is 1.93. The quantitative estimate of drug-likeness (QED) is 0.622. The molecule has 2 aromatic carbocycles. The topological polar surface area (TPSA) is 76.7 Å². The van der Waals surface area contributed by atoms with Gasteiger partial charge in [-0.05, 0) is 6.07 Å². The minimum absolute atomic E-state index is 0.0391. The van der Waals surface area contributed by atoms with Crippen molar-refractivity contribution in [3.8, 4) is 0 Å². The predicted octanol–water partition coefficient (Wildman–Crippen LogP) is 1.25. The van der Waals surface area contributed by atoms with E-state index in [1.54, 1.807) is 12.1 Å². The molecule has 1 amide bonds. The highest BCUT2D eigenvalue weighted by molar-refractivity contribution is 5.91. The summed E-state index contributed by atoms with van der Waals surface area (Å²) in [4.78, 5) is 23.3. The molecular weight excluding hydrogens is 282 g/mol. The van der Waals surface area contributed by atoms with Crippen LogP contribution in [0.1, 0.15) is 5.56 Å². The summed E-state index contributed by atoms with van der Waals surface area (Å²) < 4.78 is 0. The van der Waals surface area contributed by atoms with Gasteiger partial charge in [-0.2, -0.15) is 0 Å². The maximum Gasteiger partial charge on any atom is 0.279 e. The number of anilines is 1. The zero-order valence-electron chi connectivity index (χ0n) is 12.3. The van der Waals surface area contributed by atoms with Crippen LogP contribution in [0.2, 0.25) is 0 Å². The van der Waals surface area contributed by atoms with Gasteiger partial charge in [0.1, 0.15) is 6.54 Å². The van der Waals surface area contributed by atoms with Gasteiger partial charge in [0.25, 0.3) is 11.6 Å². The third kappa shape index (κ3) is 4.68. The maximum atomic E-state index is 12.0. The smallest absolute Gasteiger partial charge is 0.279 e. The SMILES string of the molecule is C[NH+](CC(=O)Nc1cccc([N+](=O)[O-])c1)Cc1ccccc1. The summed E-state index contributed by atoms with van der Waals surface area (Å²) in [5.41, 5.74) is 1.55. The van der Waals surface area contributed by atoms with Crippen LogP contribution in [0.3, 0.4) is 0 Å². The molecular formula is C16H18N3O3+. The number of hydrogen-bond acceptors (Lipinski definition) is 3. The van der Waals surface area contributed by atoms with E-state index >= 15 is 0 Å². The number of rotatable bonds is 6. The molecule has 0 fully saturated rings. The Morgan fingerprint density at radius 2 is 1.91 bits per heavy atom. The molecule has 0 saturated heterocycles. The molecule has 0 aliphatic carbocycles. The first kappa shape index (κ1) is 15.7. The molecule has 6 heteroatoms. The second-order valence-corrected chi connectivity index (χ2v) is 5.15. The van der Waals surface area contributed by atoms with Gasteiger partial charge in [0.15, 0.2) is 6.54 Å². The van der Waals surface area contributed by atoms with Crippen molar-refractivity contribution in [3.05, 3.63) is 70.3 Å². The van der Waals surface area contributed by atoms with Crippen molar-refractivity contribution in [2.75, 3.05) is 18.9 Å².